The van der Waals surface area contributed by atoms with Crippen LogP contribution in [0.5, 0.6) is 5.75 Å². The third kappa shape index (κ3) is 2.62. The standard InChI is InChI=1S/C17H14O3/c18-16-7-3-6-14(16)11-17(19)20-15-9-8-12-4-1-2-5-13(12)10-15/h1-2,4-6,8-10H,3,7,11H2. The van der Waals surface area contributed by atoms with Crippen molar-refractivity contribution >= 4 is 22.5 Å². The van der Waals surface area contributed by atoms with Crippen molar-refractivity contribution < 1.29 is 14.3 Å². The van der Waals surface area contributed by atoms with Crippen molar-refractivity contribution in [1.29, 1.82) is 0 Å². The number of Topliss-reactive ketones (excluding diaryl/α,β-unsaturated/α-hetero) is 1. The number of ketones is 1. The lowest BCUT2D eigenvalue weighted by molar-refractivity contribution is -0.134. The fraction of sp³-hybridized carbons (Fsp3) is 0.176. The first-order valence-electron chi connectivity index (χ1n) is 6.64. The molecule has 0 bridgehead atoms. The molecule has 0 saturated heterocycles. The number of rotatable bonds is 3. The van der Waals surface area contributed by atoms with Crippen LogP contribution < -0.4 is 4.74 Å². The number of hydrogen-bond acceptors (Lipinski definition) is 3. The number of hydrogen-bond donors (Lipinski definition) is 0. The summed E-state index contributed by atoms with van der Waals surface area (Å²) in [4.78, 5) is 23.3. The maximum Gasteiger partial charge on any atom is 0.315 e. The van der Waals surface area contributed by atoms with E-state index in [-0.39, 0.29) is 18.2 Å². The molecule has 0 unspecified atom stereocenters. The Balaban J connectivity index is 1.72. The van der Waals surface area contributed by atoms with Crippen LogP contribution in [0.25, 0.3) is 10.8 Å². The van der Waals surface area contributed by atoms with Crippen LogP contribution in [0.15, 0.2) is 54.1 Å². The topological polar surface area (TPSA) is 43.4 Å². The minimum absolute atomic E-state index is 0.0560. The van der Waals surface area contributed by atoms with Gasteiger partial charge in [0.25, 0.3) is 0 Å². The maximum atomic E-state index is 11.8. The Bertz CT molecular complexity index is 713. The van der Waals surface area contributed by atoms with Gasteiger partial charge in [0.1, 0.15) is 5.75 Å². The number of carbonyl (C=O) groups is 2. The number of esters is 1. The molecule has 3 nitrogen and oxygen atoms in total. The quantitative estimate of drug-likeness (QED) is 0.631. The summed E-state index contributed by atoms with van der Waals surface area (Å²) in [5.74, 6) is 0.182. The van der Waals surface area contributed by atoms with E-state index in [0.29, 0.717) is 17.7 Å². The van der Waals surface area contributed by atoms with Gasteiger partial charge in [-0.2, -0.15) is 0 Å². The SMILES string of the molecule is O=C(CC1=CCCC1=O)Oc1ccc2ccccc2c1. The number of ether oxygens (including phenoxy) is 1. The largest absolute Gasteiger partial charge is 0.426 e. The van der Waals surface area contributed by atoms with Gasteiger partial charge in [-0.1, -0.05) is 36.4 Å². The molecule has 2 aromatic carbocycles. The Morgan fingerprint density at radius 1 is 1.10 bits per heavy atom. The summed E-state index contributed by atoms with van der Waals surface area (Å²) in [7, 11) is 0. The normalized spacial score (nSPS) is 14.4. The van der Waals surface area contributed by atoms with E-state index in [1.807, 2.05) is 42.5 Å². The second-order valence-corrected chi connectivity index (χ2v) is 4.85. The van der Waals surface area contributed by atoms with Gasteiger partial charge in [-0.25, -0.2) is 0 Å². The van der Waals surface area contributed by atoms with Crippen LogP contribution in [0.1, 0.15) is 19.3 Å². The van der Waals surface area contributed by atoms with Crippen LogP contribution in [0.2, 0.25) is 0 Å². The molecule has 100 valence electrons. The fourth-order valence-electron chi connectivity index (χ4n) is 2.38. The molecule has 1 aliphatic rings. The fourth-order valence-corrected chi connectivity index (χ4v) is 2.38. The Hall–Kier alpha value is -2.42. The summed E-state index contributed by atoms with van der Waals surface area (Å²) in [6, 6.07) is 13.4. The molecule has 3 heteroatoms. The van der Waals surface area contributed by atoms with Crippen molar-refractivity contribution in [2.45, 2.75) is 19.3 Å². The predicted octanol–water partition coefficient (Wildman–Crippen LogP) is 3.42. The van der Waals surface area contributed by atoms with E-state index in [2.05, 4.69) is 0 Å². The average molecular weight is 266 g/mol. The molecule has 0 N–H and O–H groups in total. The Morgan fingerprint density at radius 2 is 1.90 bits per heavy atom. The maximum absolute atomic E-state index is 11.8. The molecule has 3 rings (SSSR count). The highest BCUT2D eigenvalue weighted by atomic mass is 16.5. The molecule has 20 heavy (non-hydrogen) atoms. The van der Waals surface area contributed by atoms with E-state index in [1.54, 1.807) is 6.07 Å². The van der Waals surface area contributed by atoms with E-state index < -0.39 is 0 Å². The second kappa shape index (κ2) is 5.29. The van der Waals surface area contributed by atoms with Crippen LogP contribution in [-0.2, 0) is 9.59 Å². The molecule has 0 heterocycles. The first-order valence-corrected chi connectivity index (χ1v) is 6.64. The van der Waals surface area contributed by atoms with E-state index in [9.17, 15) is 9.59 Å². The van der Waals surface area contributed by atoms with Gasteiger partial charge in [-0.15, -0.1) is 0 Å². The zero-order chi connectivity index (χ0) is 13.9. The number of allylic oxidation sites excluding steroid dienone is 1. The zero-order valence-electron chi connectivity index (χ0n) is 11.0. The van der Waals surface area contributed by atoms with Crippen LogP contribution >= 0.6 is 0 Å². The molecule has 0 saturated carbocycles. The lowest BCUT2D eigenvalue weighted by atomic mass is 10.1. The van der Waals surface area contributed by atoms with Crippen molar-refractivity contribution in [1.82, 2.24) is 0 Å². The van der Waals surface area contributed by atoms with Gasteiger partial charge in [0.15, 0.2) is 5.78 Å². The Morgan fingerprint density at radius 3 is 2.65 bits per heavy atom. The van der Waals surface area contributed by atoms with E-state index in [0.717, 1.165) is 17.2 Å². The molecule has 0 aliphatic heterocycles. The molecule has 0 radical (unpaired) electrons. The minimum Gasteiger partial charge on any atom is -0.426 e. The lowest BCUT2D eigenvalue weighted by Crippen LogP contribution is -2.11. The molecule has 0 amide bonds. The highest BCUT2D eigenvalue weighted by molar-refractivity contribution is 6.01. The van der Waals surface area contributed by atoms with E-state index in [4.69, 9.17) is 4.74 Å². The van der Waals surface area contributed by atoms with Gasteiger partial charge in [0, 0.05) is 12.0 Å². The van der Waals surface area contributed by atoms with Gasteiger partial charge >= 0.3 is 5.97 Å². The van der Waals surface area contributed by atoms with Crippen molar-refractivity contribution in [3.8, 4) is 5.75 Å². The van der Waals surface area contributed by atoms with Crippen molar-refractivity contribution in [2.75, 3.05) is 0 Å². The van der Waals surface area contributed by atoms with E-state index in [1.165, 1.54) is 0 Å². The summed E-state index contributed by atoms with van der Waals surface area (Å²) in [6.45, 7) is 0. The van der Waals surface area contributed by atoms with Crippen molar-refractivity contribution in [2.24, 2.45) is 0 Å². The van der Waals surface area contributed by atoms with Crippen molar-refractivity contribution in [3.05, 3.63) is 54.1 Å². The highest BCUT2D eigenvalue weighted by Gasteiger charge is 2.19. The van der Waals surface area contributed by atoms with Crippen LogP contribution in [0.4, 0.5) is 0 Å². The Labute approximate surface area is 116 Å². The molecular formula is C17H14O3. The van der Waals surface area contributed by atoms with Crippen LogP contribution in [0, 0.1) is 0 Å². The van der Waals surface area contributed by atoms with Gasteiger partial charge in [0.2, 0.25) is 0 Å². The monoisotopic (exact) mass is 266 g/mol. The first-order chi connectivity index (χ1) is 9.72. The summed E-state index contributed by atoms with van der Waals surface area (Å²) >= 11 is 0. The summed E-state index contributed by atoms with van der Waals surface area (Å²) in [6.07, 6.45) is 3.13. The first kappa shape index (κ1) is 12.6. The smallest absolute Gasteiger partial charge is 0.315 e. The van der Waals surface area contributed by atoms with Gasteiger partial charge in [0.05, 0.1) is 6.42 Å². The molecule has 2 aromatic rings. The average Bonchev–Trinajstić information content (AvgIpc) is 2.84. The van der Waals surface area contributed by atoms with E-state index >= 15 is 0 Å². The van der Waals surface area contributed by atoms with Gasteiger partial charge in [-0.05, 0) is 29.3 Å². The molecule has 0 fully saturated rings. The molecule has 0 spiro atoms. The molecule has 0 aromatic heterocycles. The summed E-state index contributed by atoms with van der Waals surface area (Å²) in [5, 5.41) is 2.12. The van der Waals surface area contributed by atoms with Gasteiger partial charge < -0.3 is 4.74 Å². The summed E-state index contributed by atoms with van der Waals surface area (Å²) in [5.41, 5.74) is 0.579. The van der Waals surface area contributed by atoms with Gasteiger partial charge in [-0.3, -0.25) is 9.59 Å². The second-order valence-electron chi connectivity index (χ2n) is 4.85. The number of carbonyl (C=O) groups excluding carboxylic acids is 2. The third-order valence-electron chi connectivity index (χ3n) is 3.41. The predicted molar refractivity (Wildman–Crippen MR) is 76.5 cm³/mol. The molecular weight excluding hydrogens is 252 g/mol. The third-order valence-corrected chi connectivity index (χ3v) is 3.41. The summed E-state index contributed by atoms with van der Waals surface area (Å²) < 4.78 is 5.30. The molecule has 0 atom stereocenters. The lowest BCUT2D eigenvalue weighted by Gasteiger charge is -2.06. The number of fused-ring (bicyclic) bond motifs is 1. The Kier molecular flexibility index (Phi) is 3.33. The van der Waals surface area contributed by atoms with Crippen LogP contribution in [-0.4, -0.2) is 11.8 Å². The zero-order valence-corrected chi connectivity index (χ0v) is 11.0. The minimum atomic E-state index is -0.387. The molecule has 1 aliphatic carbocycles. The van der Waals surface area contributed by atoms with Crippen molar-refractivity contribution in [3.63, 3.8) is 0 Å². The number of benzene rings is 2. The van der Waals surface area contributed by atoms with Crippen LogP contribution in [0.3, 0.4) is 0 Å². The highest BCUT2D eigenvalue weighted by Crippen LogP contribution is 2.22.